The van der Waals surface area contributed by atoms with Crippen LogP contribution in [0.25, 0.3) is 0 Å². The van der Waals surface area contributed by atoms with Gasteiger partial charge in [-0.15, -0.1) is 0 Å². The molecule has 2 aromatic carbocycles. The second-order valence-electron chi connectivity index (χ2n) is 7.87. The number of aliphatic imine (C=N–C) groups is 1. The molecule has 2 saturated heterocycles. The largest absolute Gasteiger partial charge is 0.494 e. The SMILES string of the molecule is COc1ccc(C)cc1N=C1SCCCN1C(=O)c1cccc(S(=O)(=O)N2CCCC2)c1. The molecule has 32 heavy (non-hydrogen) atoms. The fraction of sp³-hybridized carbons (Fsp3) is 0.391. The van der Waals surface area contributed by atoms with Crippen LogP contribution in [0.15, 0.2) is 52.4 Å². The zero-order chi connectivity index (χ0) is 22.7. The minimum Gasteiger partial charge on any atom is -0.494 e. The number of benzene rings is 2. The first-order valence-corrected chi connectivity index (χ1v) is 13.1. The van der Waals surface area contributed by atoms with Gasteiger partial charge in [-0.2, -0.15) is 4.31 Å². The number of carbonyl (C=O) groups excluding carboxylic acids is 1. The van der Waals surface area contributed by atoms with Crippen LogP contribution in [0.1, 0.15) is 35.2 Å². The van der Waals surface area contributed by atoms with Crippen molar-refractivity contribution < 1.29 is 17.9 Å². The monoisotopic (exact) mass is 473 g/mol. The lowest BCUT2D eigenvalue weighted by molar-refractivity contribution is 0.0849. The molecule has 0 bridgehead atoms. The van der Waals surface area contributed by atoms with Crippen molar-refractivity contribution in [3.8, 4) is 5.75 Å². The topological polar surface area (TPSA) is 79.3 Å². The van der Waals surface area contributed by atoms with Crippen molar-refractivity contribution in [1.82, 2.24) is 9.21 Å². The van der Waals surface area contributed by atoms with Crippen LogP contribution in [0.2, 0.25) is 0 Å². The van der Waals surface area contributed by atoms with Gasteiger partial charge in [-0.3, -0.25) is 9.69 Å². The number of nitrogens with zero attached hydrogens (tertiary/aromatic N) is 3. The lowest BCUT2D eigenvalue weighted by Gasteiger charge is -2.28. The van der Waals surface area contributed by atoms with Crippen LogP contribution in [-0.2, 0) is 10.0 Å². The fourth-order valence-electron chi connectivity index (χ4n) is 3.85. The molecule has 2 aliphatic rings. The minimum atomic E-state index is -3.59. The Hall–Kier alpha value is -2.36. The first kappa shape index (κ1) is 22.8. The molecule has 0 spiro atoms. The number of ether oxygens (including phenoxy) is 1. The van der Waals surface area contributed by atoms with Crippen molar-refractivity contribution >= 4 is 38.5 Å². The molecule has 4 rings (SSSR count). The van der Waals surface area contributed by atoms with Crippen molar-refractivity contribution in [2.75, 3.05) is 32.5 Å². The maximum Gasteiger partial charge on any atom is 0.259 e. The number of rotatable bonds is 5. The van der Waals surface area contributed by atoms with Crippen LogP contribution in [0.3, 0.4) is 0 Å². The number of thioether (sulfide) groups is 1. The van der Waals surface area contributed by atoms with E-state index in [1.54, 1.807) is 30.2 Å². The van der Waals surface area contributed by atoms with Crippen molar-refractivity contribution in [3.63, 3.8) is 0 Å². The normalized spacial score (nSPS) is 18.8. The molecular weight excluding hydrogens is 446 g/mol. The van der Waals surface area contributed by atoms with Crippen LogP contribution in [0.4, 0.5) is 5.69 Å². The van der Waals surface area contributed by atoms with Crippen molar-refractivity contribution in [1.29, 1.82) is 0 Å². The molecule has 2 fully saturated rings. The van der Waals surface area contributed by atoms with Gasteiger partial charge in [-0.1, -0.05) is 23.9 Å². The first-order chi connectivity index (χ1) is 15.4. The van der Waals surface area contributed by atoms with Gasteiger partial charge in [0.1, 0.15) is 11.4 Å². The molecule has 9 heteroatoms. The Bertz CT molecular complexity index is 1140. The predicted octanol–water partition coefficient (Wildman–Crippen LogP) is 4.05. The number of methoxy groups -OCH3 is 1. The highest BCUT2D eigenvalue weighted by Gasteiger charge is 2.29. The smallest absolute Gasteiger partial charge is 0.259 e. The highest BCUT2D eigenvalue weighted by atomic mass is 32.2. The Morgan fingerprint density at radius 3 is 2.59 bits per heavy atom. The average molecular weight is 474 g/mol. The molecule has 1 amide bonds. The Labute approximate surface area is 193 Å². The highest BCUT2D eigenvalue weighted by molar-refractivity contribution is 8.13. The molecule has 0 N–H and O–H groups in total. The summed E-state index contributed by atoms with van der Waals surface area (Å²) in [6.45, 7) is 3.56. The van der Waals surface area contributed by atoms with Gasteiger partial charge >= 0.3 is 0 Å². The molecule has 0 unspecified atom stereocenters. The second-order valence-corrected chi connectivity index (χ2v) is 10.9. The quantitative estimate of drug-likeness (QED) is 0.654. The van der Waals surface area contributed by atoms with E-state index < -0.39 is 10.0 Å². The Balaban J connectivity index is 1.65. The lowest BCUT2D eigenvalue weighted by Crippen LogP contribution is -2.39. The minimum absolute atomic E-state index is 0.161. The molecule has 2 aliphatic heterocycles. The van der Waals surface area contributed by atoms with Crippen LogP contribution in [0, 0.1) is 6.92 Å². The zero-order valence-corrected chi connectivity index (χ0v) is 19.9. The van der Waals surface area contributed by atoms with E-state index in [1.807, 2.05) is 25.1 Å². The third-order valence-electron chi connectivity index (χ3n) is 5.57. The first-order valence-electron chi connectivity index (χ1n) is 10.7. The molecular formula is C23H27N3O4S2. The molecule has 0 radical (unpaired) electrons. The second kappa shape index (κ2) is 9.64. The molecule has 0 aromatic heterocycles. The van der Waals surface area contributed by atoms with Crippen molar-refractivity contribution in [2.45, 2.75) is 31.1 Å². The van der Waals surface area contributed by atoms with Gasteiger partial charge in [-0.05, 0) is 62.1 Å². The predicted molar refractivity (Wildman–Crippen MR) is 127 cm³/mol. The van der Waals surface area contributed by atoms with E-state index in [2.05, 4.69) is 0 Å². The van der Waals surface area contributed by atoms with Gasteiger partial charge in [0.2, 0.25) is 10.0 Å². The van der Waals surface area contributed by atoms with E-state index >= 15 is 0 Å². The highest BCUT2D eigenvalue weighted by Crippen LogP contribution is 2.32. The number of sulfonamides is 1. The van der Waals surface area contributed by atoms with Crippen LogP contribution in [-0.4, -0.2) is 61.2 Å². The van der Waals surface area contributed by atoms with Crippen molar-refractivity contribution in [3.05, 3.63) is 53.6 Å². The average Bonchev–Trinajstić information content (AvgIpc) is 3.35. The van der Waals surface area contributed by atoms with Gasteiger partial charge in [0.05, 0.1) is 12.0 Å². The molecule has 0 aliphatic carbocycles. The number of hydrogen-bond donors (Lipinski definition) is 0. The summed E-state index contributed by atoms with van der Waals surface area (Å²) in [5.41, 5.74) is 2.06. The Morgan fingerprint density at radius 1 is 1.06 bits per heavy atom. The molecule has 0 atom stereocenters. The summed E-state index contributed by atoms with van der Waals surface area (Å²) in [4.78, 5) is 20.0. The summed E-state index contributed by atoms with van der Waals surface area (Å²) in [7, 11) is -2.00. The van der Waals surface area contributed by atoms with Crippen LogP contribution < -0.4 is 4.74 Å². The van der Waals surface area contributed by atoms with E-state index in [0.717, 1.165) is 30.6 Å². The van der Waals surface area contributed by atoms with E-state index in [-0.39, 0.29) is 10.8 Å². The molecule has 2 heterocycles. The van der Waals surface area contributed by atoms with E-state index in [9.17, 15) is 13.2 Å². The van der Waals surface area contributed by atoms with Crippen LogP contribution in [0.5, 0.6) is 5.75 Å². The maximum absolute atomic E-state index is 13.4. The number of amidine groups is 1. The number of amides is 1. The van der Waals surface area contributed by atoms with E-state index in [1.165, 1.54) is 22.1 Å². The number of hydrogen-bond acceptors (Lipinski definition) is 6. The summed E-state index contributed by atoms with van der Waals surface area (Å²) in [5, 5.41) is 0.595. The lowest BCUT2D eigenvalue weighted by atomic mass is 10.2. The third-order valence-corrected chi connectivity index (χ3v) is 8.52. The van der Waals surface area contributed by atoms with Crippen molar-refractivity contribution in [2.24, 2.45) is 4.99 Å². The van der Waals surface area contributed by atoms with E-state index in [0.29, 0.717) is 41.8 Å². The van der Waals surface area contributed by atoms with Gasteiger partial charge in [0.25, 0.3) is 5.91 Å². The molecule has 0 saturated carbocycles. The maximum atomic E-state index is 13.4. The summed E-state index contributed by atoms with van der Waals surface area (Å²) in [6, 6.07) is 12.1. The van der Waals surface area contributed by atoms with Crippen LogP contribution >= 0.6 is 11.8 Å². The summed E-state index contributed by atoms with van der Waals surface area (Å²) < 4.78 is 32.8. The third kappa shape index (κ3) is 4.69. The van der Waals surface area contributed by atoms with E-state index in [4.69, 9.17) is 9.73 Å². The number of carbonyl (C=O) groups is 1. The molecule has 2 aromatic rings. The summed E-state index contributed by atoms with van der Waals surface area (Å²) in [5.74, 6) is 1.25. The van der Waals surface area contributed by atoms with Gasteiger partial charge in [0.15, 0.2) is 5.17 Å². The summed E-state index contributed by atoms with van der Waals surface area (Å²) in [6.07, 6.45) is 2.57. The standard InChI is InChI=1S/C23H27N3O4S2/c1-17-9-10-21(30-2)20(15-17)24-23-26(13-6-14-31-23)22(27)18-7-5-8-19(16-18)32(28,29)25-11-3-4-12-25/h5,7-10,15-16H,3-4,6,11-14H2,1-2H3. The van der Waals surface area contributed by atoms with Gasteiger partial charge in [0, 0.05) is 31.0 Å². The number of aryl methyl sites for hydroxylation is 1. The Morgan fingerprint density at radius 2 is 1.84 bits per heavy atom. The zero-order valence-electron chi connectivity index (χ0n) is 18.3. The molecule has 7 nitrogen and oxygen atoms in total. The Kier molecular flexibility index (Phi) is 6.88. The van der Waals surface area contributed by atoms with Gasteiger partial charge < -0.3 is 4.74 Å². The summed E-state index contributed by atoms with van der Waals surface area (Å²) >= 11 is 1.52. The van der Waals surface area contributed by atoms with Gasteiger partial charge in [-0.25, -0.2) is 13.4 Å². The fourth-order valence-corrected chi connectivity index (χ4v) is 6.37. The molecule has 170 valence electrons.